The van der Waals surface area contributed by atoms with E-state index in [0.717, 1.165) is 5.01 Å². The number of amides is 1. The minimum absolute atomic E-state index is 0.261. The molecular weight excluding hydrogens is 216 g/mol. The van der Waals surface area contributed by atoms with Crippen LogP contribution in [0.5, 0.6) is 0 Å². The molecule has 15 heavy (non-hydrogen) atoms. The summed E-state index contributed by atoms with van der Waals surface area (Å²) in [6.45, 7) is 2.28. The summed E-state index contributed by atoms with van der Waals surface area (Å²) in [5.74, 6) is -0.261. The molecule has 1 unspecified atom stereocenters. The summed E-state index contributed by atoms with van der Waals surface area (Å²) in [7, 11) is 1.57. The van der Waals surface area contributed by atoms with Gasteiger partial charge in [0.2, 0.25) is 11.0 Å². The lowest BCUT2D eigenvalue weighted by Crippen LogP contribution is -2.36. The Morgan fingerprint density at radius 2 is 2.40 bits per heavy atom. The zero-order valence-corrected chi connectivity index (χ0v) is 9.50. The molecule has 0 aliphatic carbocycles. The Balaban J connectivity index is 2.41. The van der Waals surface area contributed by atoms with Gasteiger partial charge >= 0.3 is 0 Å². The first-order chi connectivity index (χ1) is 7.13. The largest absolute Gasteiger partial charge is 0.385 e. The van der Waals surface area contributed by atoms with Crippen LogP contribution in [-0.2, 0) is 9.53 Å². The van der Waals surface area contributed by atoms with Gasteiger partial charge < -0.3 is 10.5 Å². The van der Waals surface area contributed by atoms with Crippen molar-refractivity contribution >= 4 is 22.4 Å². The number of hydrogen-bond acceptors (Lipinski definition) is 6. The summed E-state index contributed by atoms with van der Waals surface area (Å²) in [5.41, 5.74) is 5.62. The number of nitrogens with zero attached hydrogens (tertiary/aromatic N) is 2. The van der Waals surface area contributed by atoms with Crippen LogP contribution in [0, 0.1) is 6.92 Å². The molecule has 3 N–H and O–H groups in total. The number of hydrogen-bond donors (Lipinski definition) is 2. The smallest absolute Gasteiger partial charge is 0.243 e. The molecule has 1 heterocycles. The molecule has 0 saturated heterocycles. The Hall–Kier alpha value is -1.05. The van der Waals surface area contributed by atoms with Gasteiger partial charge in [0.25, 0.3) is 0 Å². The van der Waals surface area contributed by atoms with Crippen LogP contribution in [0.2, 0.25) is 0 Å². The van der Waals surface area contributed by atoms with Crippen LogP contribution in [0.1, 0.15) is 11.4 Å². The zero-order valence-electron chi connectivity index (χ0n) is 8.69. The molecule has 0 saturated carbocycles. The number of nitrogens with two attached hydrogens (primary N) is 1. The predicted octanol–water partition coefficient (Wildman–Crippen LogP) is 0.149. The first kappa shape index (κ1) is 12.0. The Labute approximate surface area is 91.8 Å². The molecule has 0 aromatic carbocycles. The van der Waals surface area contributed by atoms with Gasteiger partial charge in [-0.3, -0.25) is 10.1 Å². The number of anilines is 1. The monoisotopic (exact) mass is 230 g/mol. The van der Waals surface area contributed by atoms with Crippen molar-refractivity contribution in [3.05, 3.63) is 5.01 Å². The Morgan fingerprint density at radius 1 is 1.67 bits per heavy atom. The van der Waals surface area contributed by atoms with Crippen LogP contribution in [-0.4, -0.2) is 35.9 Å². The molecule has 1 aromatic heterocycles. The third-order valence-corrected chi connectivity index (χ3v) is 2.48. The summed E-state index contributed by atoms with van der Waals surface area (Å²) in [6.07, 6.45) is 0.486. The average molecular weight is 230 g/mol. The van der Waals surface area contributed by atoms with Gasteiger partial charge in [-0.15, -0.1) is 10.2 Å². The molecule has 0 spiro atoms. The number of methoxy groups -OCH3 is 1. The first-order valence-electron chi connectivity index (χ1n) is 4.49. The quantitative estimate of drug-likeness (QED) is 0.751. The molecule has 0 aliphatic heterocycles. The van der Waals surface area contributed by atoms with Crippen LogP contribution >= 0.6 is 11.3 Å². The minimum Gasteiger partial charge on any atom is -0.385 e. The fourth-order valence-electron chi connectivity index (χ4n) is 0.921. The van der Waals surface area contributed by atoms with Gasteiger partial charge in [0.1, 0.15) is 5.01 Å². The number of ether oxygens (including phenoxy) is 1. The van der Waals surface area contributed by atoms with Gasteiger partial charge in [0.05, 0.1) is 6.04 Å². The molecule has 1 aromatic rings. The lowest BCUT2D eigenvalue weighted by atomic mass is 10.2. The second-order valence-corrected chi connectivity index (χ2v) is 4.19. The third kappa shape index (κ3) is 3.90. The van der Waals surface area contributed by atoms with Crippen molar-refractivity contribution in [2.75, 3.05) is 19.0 Å². The van der Waals surface area contributed by atoms with E-state index in [2.05, 4.69) is 15.5 Å². The summed E-state index contributed by atoms with van der Waals surface area (Å²) >= 11 is 1.32. The highest BCUT2D eigenvalue weighted by atomic mass is 32.1. The molecule has 1 atom stereocenters. The molecule has 1 amide bonds. The summed E-state index contributed by atoms with van der Waals surface area (Å²) in [6, 6.07) is -0.575. The highest BCUT2D eigenvalue weighted by Gasteiger charge is 2.14. The number of rotatable bonds is 5. The normalized spacial score (nSPS) is 12.5. The minimum atomic E-state index is -0.575. The number of nitrogens with one attached hydrogen (secondary N) is 1. The second kappa shape index (κ2) is 5.74. The van der Waals surface area contributed by atoms with Crippen molar-refractivity contribution in [2.24, 2.45) is 5.73 Å². The summed E-state index contributed by atoms with van der Waals surface area (Å²) in [4.78, 5) is 11.5. The fourth-order valence-corrected chi connectivity index (χ4v) is 1.52. The fraction of sp³-hybridized carbons (Fsp3) is 0.625. The van der Waals surface area contributed by atoms with Gasteiger partial charge in [-0.25, -0.2) is 0 Å². The maximum Gasteiger partial charge on any atom is 0.243 e. The van der Waals surface area contributed by atoms with E-state index in [1.807, 2.05) is 6.92 Å². The van der Waals surface area contributed by atoms with Crippen molar-refractivity contribution in [2.45, 2.75) is 19.4 Å². The second-order valence-electron chi connectivity index (χ2n) is 3.00. The van der Waals surface area contributed by atoms with E-state index >= 15 is 0 Å². The van der Waals surface area contributed by atoms with Gasteiger partial charge in [-0.05, 0) is 13.3 Å². The Bertz CT molecular complexity index is 328. The van der Waals surface area contributed by atoms with Gasteiger partial charge in [0, 0.05) is 13.7 Å². The first-order valence-corrected chi connectivity index (χ1v) is 5.30. The highest BCUT2D eigenvalue weighted by Crippen LogP contribution is 2.13. The maximum absolute atomic E-state index is 11.5. The van der Waals surface area contributed by atoms with E-state index < -0.39 is 6.04 Å². The number of aryl methyl sites for hydroxylation is 1. The van der Waals surface area contributed by atoms with Crippen molar-refractivity contribution in [1.82, 2.24) is 10.2 Å². The van der Waals surface area contributed by atoms with Crippen molar-refractivity contribution in [1.29, 1.82) is 0 Å². The summed E-state index contributed by atoms with van der Waals surface area (Å²) < 4.78 is 4.83. The number of carbonyl (C=O) groups is 1. The van der Waals surface area contributed by atoms with Gasteiger partial charge in [-0.2, -0.15) is 0 Å². The van der Waals surface area contributed by atoms with Crippen molar-refractivity contribution < 1.29 is 9.53 Å². The van der Waals surface area contributed by atoms with E-state index in [0.29, 0.717) is 18.2 Å². The molecule has 6 nitrogen and oxygen atoms in total. The molecule has 0 radical (unpaired) electrons. The SMILES string of the molecule is COCCC(N)C(=O)Nc1nnc(C)s1. The van der Waals surface area contributed by atoms with E-state index in [4.69, 9.17) is 10.5 Å². The molecule has 84 valence electrons. The number of aromatic nitrogens is 2. The van der Waals surface area contributed by atoms with Crippen LogP contribution in [0.3, 0.4) is 0 Å². The Kier molecular flexibility index (Phi) is 4.60. The average Bonchev–Trinajstić information content (AvgIpc) is 2.60. The topological polar surface area (TPSA) is 90.1 Å². The zero-order chi connectivity index (χ0) is 11.3. The molecule has 1 rings (SSSR count). The van der Waals surface area contributed by atoms with Crippen molar-refractivity contribution in [3.63, 3.8) is 0 Å². The molecule has 0 fully saturated rings. The molecule has 0 aliphatic rings. The maximum atomic E-state index is 11.5. The standard InChI is InChI=1S/C8H14N4O2S/c1-5-11-12-8(15-5)10-7(13)6(9)3-4-14-2/h6H,3-4,9H2,1-2H3,(H,10,12,13). The van der Waals surface area contributed by atoms with E-state index in [9.17, 15) is 4.79 Å². The van der Waals surface area contributed by atoms with Crippen LogP contribution in [0.25, 0.3) is 0 Å². The molecule has 7 heteroatoms. The highest BCUT2D eigenvalue weighted by molar-refractivity contribution is 7.15. The predicted molar refractivity (Wildman–Crippen MR) is 57.7 cm³/mol. The number of carbonyl (C=O) groups excluding carboxylic acids is 1. The molecular formula is C8H14N4O2S. The van der Waals surface area contributed by atoms with Crippen LogP contribution in [0.15, 0.2) is 0 Å². The van der Waals surface area contributed by atoms with E-state index in [-0.39, 0.29) is 5.91 Å². The molecule has 0 bridgehead atoms. The third-order valence-electron chi connectivity index (χ3n) is 1.73. The van der Waals surface area contributed by atoms with Crippen molar-refractivity contribution in [3.8, 4) is 0 Å². The summed E-state index contributed by atoms with van der Waals surface area (Å²) in [5, 5.41) is 11.4. The van der Waals surface area contributed by atoms with E-state index in [1.54, 1.807) is 7.11 Å². The van der Waals surface area contributed by atoms with E-state index in [1.165, 1.54) is 11.3 Å². The Morgan fingerprint density at radius 3 is 2.93 bits per heavy atom. The van der Waals surface area contributed by atoms with Gasteiger partial charge in [0.15, 0.2) is 0 Å². The lowest BCUT2D eigenvalue weighted by molar-refractivity contribution is -0.117. The van der Waals surface area contributed by atoms with Gasteiger partial charge in [-0.1, -0.05) is 11.3 Å². The van der Waals surface area contributed by atoms with Crippen LogP contribution in [0.4, 0.5) is 5.13 Å². The lowest BCUT2D eigenvalue weighted by Gasteiger charge is -2.09. The van der Waals surface area contributed by atoms with Crippen LogP contribution < -0.4 is 11.1 Å².